The minimum absolute atomic E-state index is 0.0721. The van der Waals surface area contributed by atoms with Crippen LogP contribution in [0.1, 0.15) is 30.0 Å². The van der Waals surface area contributed by atoms with Crippen LogP contribution >= 0.6 is 23.1 Å². The minimum Gasteiger partial charge on any atom is -0.481 e. The Kier molecular flexibility index (Phi) is 6.05. The Labute approximate surface area is 132 Å². The number of carbonyl (C=O) groups is 2. The average Bonchev–Trinajstić information content (AvgIpc) is 2.89. The number of hydrogen-bond acceptors (Lipinski definition) is 5. The summed E-state index contributed by atoms with van der Waals surface area (Å²) in [5.74, 6) is 0.468. The van der Waals surface area contributed by atoms with Crippen LogP contribution in [-0.2, 0) is 15.3 Å². The molecule has 1 unspecified atom stereocenters. The van der Waals surface area contributed by atoms with Gasteiger partial charge in [-0.2, -0.15) is 11.8 Å². The molecule has 0 bridgehead atoms. The normalized spacial score (nSPS) is 18.7. The number of amides is 1. The Bertz CT molecular complexity index is 504. The van der Waals surface area contributed by atoms with Crippen LogP contribution in [0.5, 0.6) is 0 Å². The Balaban J connectivity index is 1.68. The molecule has 0 aromatic carbocycles. The second kappa shape index (κ2) is 7.79. The van der Waals surface area contributed by atoms with Gasteiger partial charge in [0, 0.05) is 36.4 Å². The van der Waals surface area contributed by atoms with E-state index in [2.05, 4.69) is 4.98 Å². The molecule has 1 fully saturated rings. The third-order valence-electron chi connectivity index (χ3n) is 3.50. The van der Waals surface area contributed by atoms with Crippen molar-refractivity contribution >= 4 is 35.0 Å². The van der Waals surface area contributed by atoms with Crippen molar-refractivity contribution in [3.05, 3.63) is 16.1 Å². The molecule has 1 N–H and O–H groups in total. The number of carboxylic acids is 1. The van der Waals surface area contributed by atoms with Crippen molar-refractivity contribution in [2.75, 3.05) is 18.8 Å². The summed E-state index contributed by atoms with van der Waals surface area (Å²) in [7, 11) is 0. The van der Waals surface area contributed by atoms with Crippen molar-refractivity contribution in [2.45, 2.75) is 31.9 Å². The molecule has 7 heteroatoms. The van der Waals surface area contributed by atoms with Gasteiger partial charge in [-0.25, -0.2) is 4.98 Å². The van der Waals surface area contributed by atoms with E-state index in [-0.39, 0.29) is 5.91 Å². The first kappa shape index (κ1) is 16.3. The lowest BCUT2D eigenvalue weighted by Crippen LogP contribution is -2.42. The van der Waals surface area contributed by atoms with Crippen LogP contribution in [0.25, 0.3) is 0 Å². The monoisotopic (exact) mass is 328 g/mol. The fourth-order valence-electron chi connectivity index (χ4n) is 2.37. The number of aryl methyl sites for hydroxylation is 1. The smallest absolute Gasteiger partial charge is 0.308 e. The number of aliphatic carboxylic acids is 1. The van der Waals surface area contributed by atoms with E-state index in [0.29, 0.717) is 25.9 Å². The Morgan fingerprint density at radius 3 is 3.05 bits per heavy atom. The van der Waals surface area contributed by atoms with Gasteiger partial charge in [-0.1, -0.05) is 0 Å². The number of thiazole rings is 1. The molecule has 1 amide bonds. The van der Waals surface area contributed by atoms with Crippen molar-refractivity contribution in [3.8, 4) is 0 Å². The Morgan fingerprint density at radius 1 is 1.57 bits per heavy atom. The number of thioether (sulfide) groups is 1. The molecule has 0 spiro atoms. The molecule has 1 aliphatic heterocycles. The maximum Gasteiger partial charge on any atom is 0.308 e. The molecule has 21 heavy (non-hydrogen) atoms. The molecule has 2 rings (SSSR count). The van der Waals surface area contributed by atoms with E-state index in [4.69, 9.17) is 5.11 Å². The molecular weight excluding hydrogens is 308 g/mol. The summed E-state index contributed by atoms with van der Waals surface area (Å²) in [6.45, 7) is 3.04. The van der Waals surface area contributed by atoms with Crippen LogP contribution < -0.4 is 0 Å². The van der Waals surface area contributed by atoms with Crippen LogP contribution in [0.4, 0.5) is 0 Å². The van der Waals surface area contributed by atoms with E-state index < -0.39 is 11.9 Å². The molecule has 1 saturated heterocycles. The first-order valence-electron chi connectivity index (χ1n) is 7.05. The first-order chi connectivity index (χ1) is 10.1. The van der Waals surface area contributed by atoms with Crippen LogP contribution in [0.15, 0.2) is 5.38 Å². The van der Waals surface area contributed by atoms with E-state index >= 15 is 0 Å². The molecule has 0 saturated carbocycles. The molecule has 1 atom stereocenters. The Morgan fingerprint density at radius 2 is 2.38 bits per heavy atom. The van der Waals surface area contributed by atoms with Crippen LogP contribution in [0.3, 0.4) is 0 Å². The minimum atomic E-state index is -0.791. The van der Waals surface area contributed by atoms with Gasteiger partial charge in [-0.05, 0) is 19.8 Å². The molecule has 1 aliphatic rings. The topological polar surface area (TPSA) is 70.5 Å². The number of carboxylic acid groups (broad SMARTS) is 1. The van der Waals surface area contributed by atoms with Crippen molar-refractivity contribution in [3.63, 3.8) is 0 Å². The van der Waals surface area contributed by atoms with Gasteiger partial charge in [0.25, 0.3) is 0 Å². The fraction of sp³-hybridized carbons (Fsp3) is 0.643. The highest BCUT2D eigenvalue weighted by molar-refractivity contribution is 7.98. The molecule has 116 valence electrons. The lowest BCUT2D eigenvalue weighted by Gasteiger charge is -2.30. The number of hydrogen-bond donors (Lipinski definition) is 1. The molecule has 1 aromatic rings. The zero-order chi connectivity index (χ0) is 15.2. The molecule has 0 aliphatic carbocycles. The number of carbonyl (C=O) groups excluding carboxylic acids is 1. The standard InChI is InChI=1S/C14H20N2O3S2/c1-10-15-12(9-21-10)8-20-6-4-13(17)16-5-2-3-11(7-16)14(18)19/h9,11H,2-8H2,1H3,(H,18,19). The molecule has 5 nitrogen and oxygen atoms in total. The predicted octanol–water partition coefficient (Wildman–Crippen LogP) is 2.40. The second-order valence-corrected chi connectivity index (χ2v) is 7.34. The summed E-state index contributed by atoms with van der Waals surface area (Å²) in [6.07, 6.45) is 1.94. The SMILES string of the molecule is Cc1nc(CSCCC(=O)N2CCCC(C(=O)O)C2)cs1. The van der Waals surface area contributed by atoms with Gasteiger partial charge in [0.05, 0.1) is 16.6 Å². The highest BCUT2D eigenvalue weighted by atomic mass is 32.2. The molecule has 0 radical (unpaired) electrons. The number of aromatic nitrogens is 1. The number of nitrogens with zero attached hydrogens (tertiary/aromatic N) is 2. The zero-order valence-electron chi connectivity index (χ0n) is 12.1. The van der Waals surface area contributed by atoms with Crippen LogP contribution in [0.2, 0.25) is 0 Å². The van der Waals surface area contributed by atoms with Gasteiger partial charge in [-0.3, -0.25) is 9.59 Å². The van der Waals surface area contributed by atoms with E-state index in [9.17, 15) is 9.59 Å². The summed E-state index contributed by atoms with van der Waals surface area (Å²) < 4.78 is 0. The zero-order valence-corrected chi connectivity index (χ0v) is 13.7. The van der Waals surface area contributed by atoms with E-state index in [1.807, 2.05) is 12.3 Å². The van der Waals surface area contributed by atoms with Crippen LogP contribution in [-0.4, -0.2) is 45.7 Å². The molecule has 1 aromatic heterocycles. The fourth-order valence-corrected chi connectivity index (χ4v) is 3.91. The van der Waals surface area contributed by atoms with Crippen molar-refractivity contribution < 1.29 is 14.7 Å². The van der Waals surface area contributed by atoms with Gasteiger partial charge in [0.15, 0.2) is 0 Å². The highest BCUT2D eigenvalue weighted by Gasteiger charge is 2.27. The quantitative estimate of drug-likeness (QED) is 0.812. The number of piperidine rings is 1. The van der Waals surface area contributed by atoms with Gasteiger partial charge in [0.2, 0.25) is 5.91 Å². The van der Waals surface area contributed by atoms with Gasteiger partial charge < -0.3 is 10.0 Å². The maximum atomic E-state index is 12.1. The summed E-state index contributed by atoms with van der Waals surface area (Å²) in [4.78, 5) is 29.2. The number of likely N-dealkylation sites (tertiary alicyclic amines) is 1. The van der Waals surface area contributed by atoms with Gasteiger partial charge >= 0.3 is 5.97 Å². The van der Waals surface area contributed by atoms with Gasteiger partial charge in [0.1, 0.15) is 0 Å². The third kappa shape index (κ3) is 5.00. The summed E-state index contributed by atoms with van der Waals surface area (Å²) in [5, 5.41) is 12.1. The summed E-state index contributed by atoms with van der Waals surface area (Å²) >= 11 is 3.34. The molecule has 2 heterocycles. The lowest BCUT2D eigenvalue weighted by atomic mass is 9.98. The summed E-state index contributed by atoms with van der Waals surface area (Å²) in [5.41, 5.74) is 1.07. The number of rotatable bonds is 6. The van der Waals surface area contributed by atoms with Gasteiger partial charge in [-0.15, -0.1) is 11.3 Å². The first-order valence-corrected chi connectivity index (χ1v) is 9.09. The highest BCUT2D eigenvalue weighted by Crippen LogP contribution is 2.19. The summed E-state index contributed by atoms with van der Waals surface area (Å²) in [6, 6.07) is 0. The Hall–Kier alpha value is -1.08. The average molecular weight is 328 g/mol. The van der Waals surface area contributed by atoms with E-state index in [1.165, 1.54) is 0 Å². The van der Waals surface area contributed by atoms with Crippen LogP contribution in [0, 0.1) is 12.8 Å². The lowest BCUT2D eigenvalue weighted by molar-refractivity contribution is -0.145. The molecular formula is C14H20N2O3S2. The largest absolute Gasteiger partial charge is 0.481 e. The van der Waals surface area contributed by atoms with E-state index in [1.54, 1.807) is 28.0 Å². The second-order valence-electron chi connectivity index (χ2n) is 5.18. The predicted molar refractivity (Wildman–Crippen MR) is 84.6 cm³/mol. The van der Waals surface area contributed by atoms with Crippen molar-refractivity contribution in [2.24, 2.45) is 5.92 Å². The van der Waals surface area contributed by atoms with Crippen molar-refractivity contribution in [1.82, 2.24) is 9.88 Å². The van der Waals surface area contributed by atoms with E-state index in [0.717, 1.165) is 28.6 Å². The van der Waals surface area contributed by atoms with Crippen molar-refractivity contribution in [1.29, 1.82) is 0 Å². The maximum absolute atomic E-state index is 12.1. The third-order valence-corrected chi connectivity index (χ3v) is 5.32.